The van der Waals surface area contributed by atoms with Crippen molar-refractivity contribution in [2.45, 2.75) is 18.9 Å². The molecule has 0 bridgehead atoms. The molecule has 0 spiro atoms. The zero-order chi connectivity index (χ0) is 10.7. The predicted octanol–water partition coefficient (Wildman–Crippen LogP) is 1.91. The lowest BCUT2D eigenvalue weighted by atomic mass is 10.1. The first kappa shape index (κ1) is 10.6. The van der Waals surface area contributed by atoms with Crippen molar-refractivity contribution in [2.24, 2.45) is 4.99 Å². The van der Waals surface area contributed by atoms with E-state index in [0.29, 0.717) is 6.42 Å². The fraction of sp³-hybridized carbons (Fsp3) is 0.545. The summed E-state index contributed by atoms with van der Waals surface area (Å²) in [5, 5.41) is 12.0. The highest BCUT2D eigenvalue weighted by Gasteiger charge is 2.17. The van der Waals surface area contributed by atoms with Gasteiger partial charge in [0.05, 0.1) is 6.10 Å². The molecule has 15 heavy (non-hydrogen) atoms. The average molecular weight is 224 g/mol. The molecule has 1 N–H and O–H groups in total. The van der Waals surface area contributed by atoms with Crippen molar-refractivity contribution in [1.82, 2.24) is 4.90 Å². The van der Waals surface area contributed by atoms with Crippen LogP contribution in [0.2, 0.25) is 0 Å². The molecule has 0 unspecified atom stereocenters. The number of aliphatic hydroxyl groups excluding tert-OH is 1. The quantitative estimate of drug-likeness (QED) is 0.851. The maximum atomic E-state index is 9.98. The third kappa shape index (κ3) is 2.58. The summed E-state index contributed by atoms with van der Waals surface area (Å²) in [6.07, 6.45) is 1.36. The van der Waals surface area contributed by atoms with Gasteiger partial charge < -0.3 is 10.0 Å². The Morgan fingerprint density at radius 3 is 3.20 bits per heavy atom. The molecule has 0 aromatic carbocycles. The minimum atomic E-state index is -0.399. The van der Waals surface area contributed by atoms with Crippen molar-refractivity contribution in [3.63, 3.8) is 0 Å². The molecule has 1 atom stereocenters. The summed E-state index contributed by atoms with van der Waals surface area (Å²) >= 11 is 1.60. The van der Waals surface area contributed by atoms with Gasteiger partial charge in [0.2, 0.25) is 0 Å². The Morgan fingerprint density at radius 1 is 1.67 bits per heavy atom. The van der Waals surface area contributed by atoms with Crippen LogP contribution in [0.5, 0.6) is 0 Å². The van der Waals surface area contributed by atoms with E-state index < -0.39 is 6.10 Å². The van der Waals surface area contributed by atoms with Gasteiger partial charge in [-0.05, 0) is 17.9 Å². The molecule has 82 valence electrons. The van der Waals surface area contributed by atoms with Gasteiger partial charge in [0.25, 0.3) is 0 Å². The molecule has 0 amide bonds. The smallest absolute Gasteiger partial charge is 0.102 e. The first-order valence-electron chi connectivity index (χ1n) is 5.23. The normalized spacial score (nSPS) is 18.8. The Hall–Kier alpha value is -0.870. The lowest BCUT2D eigenvalue weighted by molar-refractivity contribution is 0.185. The highest BCUT2D eigenvalue weighted by molar-refractivity contribution is 7.10. The number of amidine groups is 1. The van der Waals surface area contributed by atoms with Crippen LogP contribution in [-0.4, -0.2) is 36.0 Å². The van der Waals surface area contributed by atoms with E-state index in [4.69, 9.17) is 0 Å². The molecule has 2 heterocycles. The number of hydrogen-bond acceptors (Lipinski definition) is 4. The lowest BCUT2D eigenvalue weighted by Crippen LogP contribution is -2.33. The van der Waals surface area contributed by atoms with E-state index in [1.165, 1.54) is 0 Å². The molecule has 0 fully saturated rings. The zero-order valence-electron chi connectivity index (χ0n) is 8.89. The van der Waals surface area contributed by atoms with Crippen LogP contribution in [0.1, 0.15) is 23.8 Å². The van der Waals surface area contributed by atoms with E-state index >= 15 is 0 Å². The second-order valence-corrected chi connectivity index (χ2v) is 4.79. The Bertz CT molecular complexity index is 334. The number of aliphatic imine (C=N–C) groups is 1. The van der Waals surface area contributed by atoms with Crippen LogP contribution in [0.4, 0.5) is 0 Å². The monoisotopic (exact) mass is 224 g/mol. The van der Waals surface area contributed by atoms with Gasteiger partial charge >= 0.3 is 0 Å². The molecule has 3 nitrogen and oxygen atoms in total. The Labute approximate surface area is 94.1 Å². The second-order valence-electron chi connectivity index (χ2n) is 3.81. The average Bonchev–Trinajstić information content (AvgIpc) is 2.74. The van der Waals surface area contributed by atoms with Crippen molar-refractivity contribution in [2.75, 3.05) is 20.1 Å². The fourth-order valence-electron chi connectivity index (χ4n) is 1.74. The van der Waals surface area contributed by atoms with E-state index in [-0.39, 0.29) is 0 Å². The van der Waals surface area contributed by atoms with E-state index in [2.05, 4.69) is 9.89 Å². The van der Waals surface area contributed by atoms with Crippen molar-refractivity contribution in [3.8, 4) is 0 Å². The number of hydrogen-bond donors (Lipinski definition) is 1. The van der Waals surface area contributed by atoms with Crippen molar-refractivity contribution < 1.29 is 5.11 Å². The molecule has 0 saturated carbocycles. The first-order valence-corrected chi connectivity index (χ1v) is 6.11. The molecule has 1 aromatic rings. The fourth-order valence-corrected chi connectivity index (χ4v) is 2.45. The largest absolute Gasteiger partial charge is 0.387 e. The van der Waals surface area contributed by atoms with Gasteiger partial charge in [-0.15, -0.1) is 11.3 Å². The highest BCUT2D eigenvalue weighted by Crippen LogP contribution is 2.23. The minimum absolute atomic E-state index is 0.399. The van der Waals surface area contributed by atoms with Gasteiger partial charge in [0.1, 0.15) is 5.84 Å². The van der Waals surface area contributed by atoms with Gasteiger partial charge in [-0.25, -0.2) is 0 Å². The van der Waals surface area contributed by atoms with Crippen molar-refractivity contribution in [3.05, 3.63) is 22.4 Å². The topological polar surface area (TPSA) is 35.8 Å². The third-order valence-corrected chi connectivity index (χ3v) is 3.61. The molecule has 2 rings (SSSR count). The van der Waals surface area contributed by atoms with Crippen LogP contribution in [0.15, 0.2) is 22.5 Å². The van der Waals surface area contributed by atoms with Crippen LogP contribution in [0.25, 0.3) is 0 Å². The first-order chi connectivity index (χ1) is 7.27. The van der Waals surface area contributed by atoms with E-state index in [1.807, 2.05) is 24.6 Å². The molecule has 1 aliphatic heterocycles. The van der Waals surface area contributed by atoms with Crippen LogP contribution in [-0.2, 0) is 0 Å². The Morgan fingerprint density at radius 2 is 2.53 bits per heavy atom. The summed E-state index contributed by atoms with van der Waals surface area (Å²) in [5.74, 6) is 1.03. The minimum Gasteiger partial charge on any atom is -0.387 e. The molecule has 1 aliphatic rings. The van der Waals surface area contributed by atoms with Crippen LogP contribution in [0.3, 0.4) is 0 Å². The third-order valence-electron chi connectivity index (χ3n) is 2.63. The zero-order valence-corrected chi connectivity index (χ0v) is 9.70. The van der Waals surface area contributed by atoms with E-state index in [0.717, 1.165) is 30.2 Å². The van der Waals surface area contributed by atoms with E-state index in [1.54, 1.807) is 11.3 Å². The standard InChI is InChI=1S/C11H16N2OS/c1-13-6-3-5-12-11(13)8-9(14)10-4-2-7-15-10/h2,4,7,9,14H,3,5-6,8H2,1H3/t9-/m1/s1. The number of thiophene rings is 1. The van der Waals surface area contributed by atoms with Crippen LogP contribution < -0.4 is 0 Å². The molecule has 0 aliphatic carbocycles. The number of aliphatic hydroxyl groups is 1. The number of nitrogens with zero attached hydrogens (tertiary/aromatic N) is 2. The van der Waals surface area contributed by atoms with Crippen molar-refractivity contribution in [1.29, 1.82) is 0 Å². The van der Waals surface area contributed by atoms with Crippen LogP contribution in [0, 0.1) is 0 Å². The molecular formula is C11H16N2OS. The maximum absolute atomic E-state index is 9.98. The molecule has 0 radical (unpaired) electrons. The predicted molar refractivity (Wildman–Crippen MR) is 63.4 cm³/mol. The number of rotatable bonds is 3. The van der Waals surface area contributed by atoms with Crippen LogP contribution >= 0.6 is 11.3 Å². The van der Waals surface area contributed by atoms with Gasteiger partial charge in [0, 0.05) is 31.4 Å². The molecule has 4 heteroatoms. The summed E-state index contributed by atoms with van der Waals surface area (Å²) in [5.41, 5.74) is 0. The summed E-state index contributed by atoms with van der Waals surface area (Å²) in [7, 11) is 2.04. The molecule has 0 saturated heterocycles. The summed E-state index contributed by atoms with van der Waals surface area (Å²) in [6.45, 7) is 1.95. The molecule has 1 aromatic heterocycles. The Kier molecular flexibility index (Phi) is 3.38. The van der Waals surface area contributed by atoms with Gasteiger partial charge in [-0.1, -0.05) is 6.07 Å². The van der Waals surface area contributed by atoms with E-state index in [9.17, 15) is 5.11 Å². The van der Waals surface area contributed by atoms with Crippen molar-refractivity contribution >= 4 is 17.2 Å². The highest BCUT2D eigenvalue weighted by atomic mass is 32.1. The summed E-state index contributed by atoms with van der Waals surface area (Å²) in [6, 6.07) is 3.94. The van der Waals surface area contributed by atoms with Gasteiger partial charge in [0.15, 0.2) is 0 Å². The van der Waals surface area contributed by atoms with Gasteiger partial charge in [-0.3, -0.25) is 4.99 Å². The summed E-state index contributed by atoms with van der Waals surface area (Å²) in [4.78, 5) is 7.61. The lowest BCUT2D eigenvalue weighted by Gasteiger charge is -2.26. The SMILES string of the molecule is CN1CCCN=C1C[C@@H](O)c1cccs1. The maximum Gasteiger partial charge on any atom is 0.102 e. The second kappa shape index (κ2) is 4.77. The molecular weight excluding hydrogens is 208 g/mol. The summed E-state index contributed by atoms with van der Waals surface area (Å²) < 4.78 is 0. The van der Waals surface area contributed by atoms with Gasteiger partial charge in [-0.2, -0.15) is 0 Å². The Balaban J connectivity index is 1.99.